The summed E-state index contributed by atoms with van der Waals surface area (Å²) in [5, 5.41) is 0.679. The first-order valence-electron chi connectivity index (χ1n) is 9.96. The molecule has 0 unspecified atom stereocenters. The molecule has 0 radical (unpaired) electrons. The monoisotopic (exact) mass is 490 g/mol. The average molecular weight is 491 g/mol. The molecular formula is C24H24Cl2N2O3S. The van der Waals surface area contributed by atoms with E-state index in [2.05, 4.69) is 0 Å². The van der Waals surface area contributed by atoms with Gasteiger partial charge in [0.15, 0.2) is 0 Å². The number of rotatable bonds is 8. The Morgan fingerprint density at radius 2 is 1.44 bits per heavy atom. The van der Waals surface area contributed by atoms with Crippen LogP contribution in [-0.2, 0) is 27.9 Å². The van der Waals surface area contributed by atoms with Gasteiger partial charge in [-0.25, -0.2) is 8.42 Å². The van der Waals surface area contributed by atoms with Gasteiger partial charge in [-0.2, -0.15) is 4.31 Å². The lowest BCUT2D eigenvalue weighted by Crippen LogP contribution is -2.41. The summed E-state index contributed by atoms with van der Waals surface area (Å²) in [4.78, 5) is 14.6. The standard InChI is InChI=1S/C24H24Cl2N2O3S/c1-18-11-13-20(14-12-18)32(30,31)28(16-21-22(25)9-6-10-23(21)26)17-24(29)27(2)15-19-7-4-3-5-8-19/h3-14H,15-17H2,1-2H3. The Balaban J connectivity index is 1.91. The molecule has 0 aliphatic carbocycles. The number of halogens is 2. The normalized spacial score (nSPS) is 11.5. The first kappa shape index (κ1) is 24.3. The molecule has 3 aromatic rings. The molecule has 0 spiro atoms. The number of carbonyl (C=O) groups excluding carboxylic acids is 1. The predicted octanol–water partition coefficient (Wildman–Crippen LogP) is 5.15. The second kappa shape index (κ2) is 10.5. The highest BCUT2D eigenvalue weighted by Crippen LogP contribution is 2.28. The first-order valence-corrected chi connectivity index (χ1v) is 12.2. The number of likely N-dealkylation sites (N-methyl/N-ethyl adjacent to an activating group) is 1. The summed E-state index contributed by atoms with van der Waals surface area (Å²) < 4.78 is 28.0. The molecule has 0 atom stereocenters. The molecule has 1 amide bonds. The van der Waals surface area contributed by atoms with Crippen LogP contribution in [0.3, 0.4) is 0 Å². The van der Waals surface area contributed by atoms with Crippen LogP contribution < -0.4 is 0 Å². The molecule has 0 N–H and O–H groups in total. The maximum Gasteiger partial charge on any atom is 0.243 e. The van der Waals surface area contributed by atoms with Crippen LogP contribution in [0.2, 0.25) is 10.0 Å². The Kier molecular flexibility index (Phi) is 7.96. The molecule has 0 heterocycles. The maximum absolute atomic E-state index is 13.5. The minimum absolute atomic E-state index is 0.102. The van der Waals surface area contributed by atoms with Gasteiger partial charge in [0.05, 0.1) is 11.4 Å². The molecule has 0 saturated heterocycles. The van der Waals surface area contributed by atoms with E-state index >= 15 is 0 Å². The van der Waals surface area contributed by atoms with Crippen LogP contribution in [0.1, 0.15) is 16.7 Å². The van der Waals surface area contributed by atoms with Crippen molar-refractivity contribution in [2.75, 3.05) is 13.6 Å². The molecule has 0 fully saturated rings. The molecule has 0 saturated carbocycles. The van der Waals surface area contributed by atoms with Crippen molar-refractivity contribution >= 4 is 39.1 Å². The van der Waals surface area contributed by atoms with Crippen molar-refractivity contribution in [1.82, 2.24) is 9.21 Å². The lowest BCUT2D eigenvalue weighted by atomic mass is 10.2. The van der Waals surface area contributed by atoms with Crippen molar-refractivity contribution in [3.05, 3.63) is 99.5 Å². The second-order valence-corrected chi connectivity index (χ2v) is 10.3. The molecule has 32 heavy (non-hydrogen) atoms. The van der Waals surface area contributed by atoms with E-state index in [9.17, 15) is 13.2 Å². The van der Waals surface area contributed by atoms with E-state index in [1.807, 2.05) is 37.3 Å². The smallest absolute Gasteiger partial charge is 0.243 e. The Hall–Kier alpha value is -2.38. The lowest BCUT2D eigenvalue weighted by molar-refractivity contribution is -0.130. The maximum atomic E-state index is 13.5. The quantitative estimate of drug-likeness (QED) is 0.438. The number of nitrogens with zero attached hydrogens (tertiary/aromatic N) is 2. The summed E-state index contributed by atoms with van der Waals surface area (Å²) in [6.07, 6.45) is 0. The molecule has 0 aliphatic heterocycles. The van der Waals surface area contributed by atoms with E-state index < -0.39 is 10.0 Å². The minimum atomic E-state index is -3.98. The fourth-order valence-electron chi connectivity index (χ4n) is 3.16. The first-order chi connectivity index (χ1) is 15.2. The average Bonchev–Trinajstić information content (AvgIpc) is 2.76. The van der Waals surface area contributed by atoms with Crippen LogP contribution in [0.5, 0.6) is 0 Å². The van der Waals surface area contributed by atoms with E-state index in [0.29, 0.717) is 22.2 Å². The number of sulfonamides is 1. The topological polar surface area (TPSA) is 57.7 Å². The van der Waals surface area contributed by atoms with E-state index in [-0.39, 0.29) is 23.9 Å². The van der Waals surface area contributed by atoms with Crippen molar-refractivity contribution < 1.29 is 13.2 Å². The highest BCUT2D eigenvalue weighted by Gasteiger charge is 2.29. The van der Waals surface area contributed by atoms with Gasteiger partial charge in [0.2, 0.25) is 15.9 Å². The van der Waals surface area contributed by atoms with Gasteiger partial charge in [0.1, 0.15) is 0 Å². The van der Waals surface area contributed by atoms with Crippen molar-refractivity contribution in [3.8, 4) is 0 Å². The lowest BCUT2D eigenvalue weighted by Gasteiger charge is -2.26. The molecule has 0 aliphatic rings. The summed E-state index contributed by atoms with van der Waals surface area (Å²) in [5.41, 5.74) is 2.33. The van der Waals surface area contributed by atoms with Gasteiger partial charge in [0, 0.05) is 35.7 Å². The summed E-state index contributed by atoms with van der Waals surface area (Å²) in [5.74, 6) is -0.340. The third-order valence-electron chi connectivity index (χ3n) is 5.05. The van der Waals surface area contributed by atoms with Gasteiger partial charge in [0.25, 0.3) is 0 Å². The zero-order valence-electron chi connectivity index (χ0n) is 17.8. The van der Waals surface area contributed by atoms with Crippen LogP contribution in [0.15, 0.2) is 77.7 Å². The molecule has 0 aromatic heterocycles. The van der Waals surface area contributed by atoms with Gasteiger partial charge in [-0.15, -0.1) is 0 Å². The molecule has 3 aromatic carbocycles. The van der Waals surface area contributed by atoms with Crippen LogP contribution in [0.25, 0.3) is 0 Å². The highest BCUT2D eigenvalue weighted by atomic mass is 35.5. The second-order valence-electron chi connectivity index (χ2n) is 7.52. The van der Waals surface area contributed by atoms with E-state index in [4.69, 9.17) is 23.2 Å². The molecule has 5 nitrogen and oxygen atoms in total. The molecule has 3 rings (SSSR count). The largest absolute Gasteiger partial charge is 0.340 e. The van der Waals surface area contributed by atoms with Gasteiger partial charge < -0.3 is 4.90 Å². The Bertz CT molecular complexity index is 1160. The van der Waals surface area contributed by atoms with Crippen LogP contribution in [0.4, 0.5) is 0 Å². The van der Waals surface area contributed by atoms with E-state index in [0.717, 1.165) is 15.4 Å². The molecule has 8 heteroatoms. The number of hydrogen-bond donors (Lipinski definition) is 0. The number of carbonyl (C=O) groups is 1. The van der Waals surface area contributed by atoms with Crippen LogP contribution in [-0.4, -0.2) is 37.1 Å². The van der Waals surface area contributed by atoms with Gasteiger partial charge in [-0.3, -0.25) is 4.79 Å². The highest BCUT2D eigenvalue weighted by molar-refractivity contribution is 7.89. The predicted molar refractivity (Wildman–Crippen MR) is 128 cm³/mol. The Morgan fingerprint density at radius 3 is 2.03 bits per heavy atom. The number of amides is 1. The summed E-state index contributed by atoms with van der Waals surface area (Å²) in [7, 11) is -2.34. The van der Waals surface area contributed by atoms with Crippen LogP contribution >= 0.6 is 23.2 Å². The van der Waals surface area contributed by atoms with Gasteiger partial charge in [-0.1, -0.05) is 77.3 Å². The Labute approximate surface area is 199 Å². The number of aryl methyl sites for hydroxylation is 1. The number of benzene rings is 3. The zero-order chi connectivity index (χ0) is 23.3. The number of hydrogen-bond acceptors (Lipinski definition) is 3. The van der Waals surface area contributed by atoms with Crippen molar-refractivity contribution in [2.24, 2.45) is 0 Å². The third kappa shape index (κ3) is 5.90. The molecule has 0 bridgehead atoms. The van der Waals surface area contributed by atoms with Gasteiger partial charge >= 0.3 is 0 Å². The van der Waals surface area contributed by atoms with E-state index in [1.165, 1.54) is 17.0 Å². The fourth-order valence-corrected chi connectivity index (χ4v) is 5.04. The summed E-state index contributed by atoms with van der Waals surface area (Å²) in [6.45, 7) is 1.77. The summed E-state index contributed by atoms with van der Waals surface area (Å²) >= 11 is 12.6. The third-order valence-corrected chi connectivity index (χ3v) is 7.57. The molecular weight excluding hydrogens is 467 g/mol. The van der Waals surface area contributed by atoms with Crippen molar-refractivity contribution in [3.63, 3.8) is 0 Å². The van der Waals surface area contributed by atoms with E-state index in [1.54, 1.807) is 37.4 Å². The fraction of sp³-hybridized carbons (Fsp3) is 0.208. The minimum Gasteiger partial charge on any atom is -0.340 e. The SMILES string of the molecule is Cc1ccc(S(=O)(=O)N(CC(=O)N(C)Cc2ccccc2)Cc2c(Cl)cccc2Cl)cc1. The summed E-state index contributed by atoms with van der Waals surface area (Å²) in [6, 6.07) is 21.0. The molecule has 168 valence electrons. The Morgan fingerprint density at radius 1 is 0.844 bits per heavy atom. The zero-order valence-corrected chi connectivity index (χ0v) is 20.2. The van der Waals surface area contributed by atoms with Crippen molar-refractivity contribution in [1.29, 1.82) is 0 Å². The van der Waals surface area contributed by atoms with Crippen LogP contribution in [0, 0.1) is 6.92 Å². The van der Waals surface area contributed by atoms with Crippen molar-refractivity contribution in [2.45, 2.75) is 24.9 Å². The van der Waals surface area contributed by atoms with Gasteiger partial charge in [-0.05, 0) is 36.8 Å².